The first-order chi connectivity index (χ1) is 7.08. The highest BCUT2D eigenvalue weighted by Crippen LogP contribution is 2.31. The van der Waals surface area contributed by atoms with Crippen molar-refractivity contribution in [3.8, 4) is 11.3 Å². The number of anilines is 1. The smallest absolute Gasteiger partial charge is 0.222 e. The molecule has 0 radical (unpaired) electrons. The van der Waals surface area contributed by atoms with Gasteiger partial charge in [-0.3, -0.25) is 0 Å². The second kappa shape index (κ2) is 3.83. The number of rotatable bonds is 1. The highest BCUT2D eigenvalue weighted by atomic mass is 79.9. The normalized spacial score (nSPS) is 10.6. The fourth-order valence-electron chi connectivity index (χ4n) is 1.13. The average molecular weight is 292 g/mol. The highest BCUT2D eigenvalue weighted by molar-refractivity contribution is 9.10. The zero-order valence-electron chi connectivity index (χ0n) is 7.30. The number of nitrogen functional groups attached to an aromatic ring is 1. The van der Waals surface area contributed by atoms with Gasteiger partial charge in [0.15, 0.2) is 0 Å². The van der Waals surface area contributed by atoms with E-state index in [0.29, 0.717) is 11.3 Å². The van der Waals surface area contributed by atoms with Gasteiger partial charge in [0.1, 0.15) is 11.5 Å². The van der Waals surface area contributed by atoms with Gasteiger partial charge in [0.2, 0.25) is 5.88 Å². The van der Waals surface area contributed by atoms with Crippen LogP contribution in [0.15, 0.2) is 27.2 Å². The van der Waals surface area contributed by atoms with E-state index in [1.54, 1.807) is 6.07 Å². The molecule has 0 spiro atoms. The molecular weight excluding hydrogens is 286 g/mol. The minimum absolute atomic E-state index is 0.171. The molecule has 6 heteroatoms. The standard InChI is InChI=1S/C9H5BrClFN2O/c10-9-5(11)1-4(2-6(9)12)7-3-8(13)15-14-7/h1-3H,13H2. The van der Waals surface area contributed by atoms with Gasteiger partial charge >= 0.3 is 0 Å². The minimum Gasteiger partial charge on any atom is -0.368 e. The van der Waals surface area contributed by atoms with Crippen LogP contribution in [0.1, 0.15) is 0 Å². The Morgan fingerprint density at radius 3 is 2.67 bits per heavy atom. The molecule has 0 fully saturated rings. The van der Waals surface area contributed by atoms with E-state index in [0.717, 1.165) is 0 Å². The van der Waals surface area contributed by atoms with Gasteiger partial charge in [-0.2, -0.15) is 0 Å². The quantitative estimate of drug-likeness (QED) is 0.818. The van der Waals surface area contributed by atoms with Crippen molar-refractivity contribution in [2.75, 3.05) is 5.73 Å². The van der Waals surface area contributed by atoms with Crippen LogP contribution in [0, 0.1) is 5.82 Å². The van der Waals surface area contributed by atoms with E-state index < -0.39 is 5.82 Å². The molecule has 0 aliphatic carbocycles. The Morgan fingerprint density at radius 1 is 1.40 bits per heavy atom. The lowest BCUT2D eigenvalue weighted by Crippen LogP contribution is -1.83. The third kappa shape index (κ3) is 1.98. The Labute approximate surface area is 98.1 Å². The van der Waals surface area contributed by atoms with Crippen molar-refractivity contribution in [3.05, 3.63) is 33.5 Å². The molecule has 3 nitrogen and oxygen atoms in total. The summed E-state index contributed by atoms with van der Waals surface area (Å²) in [7, 11) is 0. The number of nitrogens with two attached hydrogens (primary N) is 1. The lowest BCUT2D eigenvalue weighted by molar-refractivity contribution is 0.439. The minimum atomic E-state index is -0.459. The summed E-state index contributed by atoms with van der Waals surface area (Å²) >= 11 is 8.81. The lowest BCUT2D eigenvalue weighted by Gasteiger charge is -2.00. The Kier molecular flexibility index (Phi) is 2.67. The number of benzene rings is 1. The molecule has 0 atom stereocenters. The van der Waals surface area contributed by atoms with E-state index in [1.807, 2.05) is 0 Å². The zero-order chi connectivity index (χ0) is 11.0. The van der Waals surface area contributed by atoms with Crippen molar-refractivity contribution in [3.63, 3.8) is 0 Å². The molecule has 0 aliphatic rings. The largest absolute Gasteiger partial charge is 0.368 e. The number of aromatic nitrogens is 1. The maximum absolute atomic E-state index is 13.3. The van der Waals surface area contributed by atoms with Gasteiger partial charge in [0.05, 0.1) is 9.50 Å². The molecule has 78 valence electrons. The number of halogens is 3. The second-order valence-electron chi connectivity index (χ2n) is 2.87. The summed E-state index contributed by atoms with van der Waals surface area (Å²) in [6, 6.07) is 4.37. The summed E-state index contributed by atoms with van der Waals surface area (Å²) in [6.07, 6.45) is 0. The van der Waals surface area contributed by atoms with E-state index in [9.17, 15) is 4.39 Å². The lowest BCUT2D eigenvalue weighted by atomic mass is 10.1. The van der Waals surface area contributed by atoms with Crippen LogP contribution in [0.5, 0.6) is 0 Å². The van der Waals surface area contributed by atoms with Crippen molar-refractivity contribution in [2.45, 2.75) is 0 Å². The second-order valence-corrected chi connectivity index (χ2v) is 4.07. The van der Waals surface area contributed by atoms with Gasteiger partial charge in [-0.25, -0.2) is 4.39 Å². The highest BCUT2D eigenvalue weighted by Gasteiger charge is 2.10. The molecular formula is C9H5BrClFN2O. The van der Waals surface area contributed by atoms with Crippen molar-refractivity contribution in [1.82, 2.24) is 5.16 Å². The maximum atomic E-state index is 13.3. The third-order valence-electron chi connectivity index (χ3n) is 1.81. The molecule has 2 aromatic rings. The van der Waals surface area contributed by atoms with Gasteiger partial charge in [-0.1, -0.05) is 16.8 Å². The van der Waals surface area contributed by atoms with Gasteiger partial charge in [-0.15, -0.1) is 0 Å². The molecule has 15 heavy (non-hydrogen) atoms. The Balaban J connectivity index is 2.55. The topological polar surface area (TPSA) is 52.0 Å². The van der Waals surface area contributed by atoms with Gasteiger partial charge in [0.25, 0.3) is 0 Å². The molecule has 0 saturated heterocycles. The summed E-state index contributed by atoms with van der Waals surface area (Å²) in [4.78, 5) is 0. The predicted molar refractivity (Wildman–Crippen MR) is 59.0 cm³/mol. The SMILES string of the molecule is Nc1cc(-c2cc(F)c(Br)c(Cl)c2)no1. The van der Waals surface area contributed by atoms with E-state index in [4.69, 9.17) is 17.3 Å². The van der Waals surface area contributed by atoms with Crippen molar-refractivity contribution in [2.24, 2.45) is 0 Å². The monoisotopic (exact) mass is 290 g/mol. The summed E-state index contributed by atoms with van der Waals surface area (Å²) < 4.78 is 18.2. The molecule has 0 bridgehead atoms. The Bertz CT molecular complexity index is 492. The first-order valence-electron chi connectivity index (χ1n) is 3.95. The van der Waals surface area contributed by atoms with Crippen LogP contribution in [0.3, 0.4) is 0 Å². The first-order valence-corrected chi connectivity index (χ1v) is 5.12. The van der Waals surface area contributed by atoms with Gasteiger partial charge in [-0.05, 0) is 28.1 Å². The van der Waals surface area contributed by atoms with E-state index >= 15 is 0 Å². The molecule has 0 amide bonds. The number of nitrogens with zero attached hydrogens (tertiary/aromatic N) is 1. The van der Waals surface area contributed by atoms with Crippen LogP contribution in [0.25, 0.3) is 11.3 Å². The third-order valence-corrected chi connectivity index (χ3v) is 3.14. The molecule has 0 unspecified atom stereocenters. The van der Waals surface area contributed by atoms with Crippen LogP contribution in [-0.4, -0.2) is 5.16 Å². The predicted octanol–water partition coefficient (Wildman–Crippen LogP) is 3.48. The fraction of sp³-hybridized carbons (Fsp3) is 0. The molecule has 0 aliphatic heterocycles. The van der Waals surface area contributed by atoms with Crippen molar-refractivity contribution in [1.29, 1.82) is 0 Å². The van der Waals surface area contributed by atoms with Crippen LogP contribution >= 0.6 is 27.5 Å². The van der Waals surface area contributed by atoms with E-state index in [2.05, 4.69) is 25.6 Å². The number of hydrogen-bond acceptors (Lipinski definition) is 3. The summed E-state index contributed by atoms with van der Waals surface area (Å²) in [6.45, 7) is 0. The Morgan fingerprint density at radius 2 is 2.13 bits per heavy atom. The number of hydrogen-bond donors (Lipinski definition) is 1. The molecule has 1 heterocycles. The van der Waals surface area contributed by atoms with Crippen LogP contribution in [0.4, 0.5) is 10.3 Å². The maximum Gasteiger partial charge on any atom is 0.222 e. The summed E-state index contributed by atoms with van der Waals surface area (Å²) in [5, 5.41) is 3.93. The first kappa shape index (κ1) is 10.4. The molecule has 1 aromatic heterocycles. The van der Waals surface area contributed by atoms with Crippen molar-refractivity contribution >= 4 is 33.4 Å². The van der Waals surface area contributed by atoms with Crippen LogP contribution in [0.2, 0.25) is 5.02 Å². The Hall–Kier alpha value is -1.07. The van der Waals surface area contributed by atoms with Gasteiger partial charge in [0, 0.05) is 11.6 Å². The van der Waals surface area contributed by atoms with Crippen LogP contribution in [-0.2, 0) is 0 Å². The molecule has 0 saturated carbocycles. The summed E-state index contributed by atoms with van der Waals surface area (Å²) in [5.41, 5.74) is 6.32. The molecule has 1 aromatic carbocycles. The average Bonchev–Trinajstić information content (AvgIpc) is 2.60. The fourth-order valence-corrected chi connectivity index (χ4v) is 1.57. The van der Waals surface area contributed by atoms with E-state index in [-0.39, 0.29) is 15.4 Å². The van der Waals surface area contributed by atoms with Crippen molar-refractivity contribution < 1.29 is 8.91 Å². The molecule has 2 rings (SSSR count). The van der Waals surface area contributed by atoms with Gasteiger partial charge < -0.3 is 10.3 Å². The summed E-state index contributed by atoms with van der Waals surface area (Å²) in [5.74, 6) is -0.288. The van der Waals surface area contributed by atoms with Crippen LogP contribution < -0.4 is 5.73 Å². The molecule has 2 N–H and O–H groups in total. The zero-order valence-corrected chi connectivity index (χ0v) is 9.64. The van der Waals surface area contributed by atoms with E-state index in [1.165, 1.54) is 12.1 Å².